The van der Waals surface area contributed by atoms with Gasteiger partial charge in [0.15, 0.2) is 0 Å². The molecule has 0 spiro atoms. The maximum atomic E-state index is 8.30. The van der Waals surface area contributed by atoms with E-state index in [1.807, 2.05) is 0 Å². The van der Waals surface area contributed by atoms with Crippen molar-refractivity contribution in [3.8, 4) is 17.9 Å². The Morgan fingerprint density at radius 1 is 1.38 bits per heavy atom. The van der Waals surface area contributed by atoms with Crippen LogP contribution in [-0.2, 0) is 0 Å². The molecule has 1 heteroatoms. The Bertz CT molecular complexity index is 259. The molecule has 0 aliphatic heterocycles. The minimum atomic E-state index is 0.482. The quantitative estimate of drug-likeness (QED) is 0.357. The number of unbranched alkanes of at least 4 members (excludes halogenated alkanes) is 2. The zero-order valence-corrected chi connectivity index (χ0v) is 7.92. The highest BCUT2D eigenvalue weighted by Gasteiger charge is 2.02. The van der Waals surface area contributed by atoms with Crippen LogP contribution in [0.25, 0.3) is 0 Å². The van der Waals surface area contributed by atoms with Crippen LogP contribution in [-0.4, -0.2) is 0 Å². The van der Waals surface area contributed by atoms with Gasteiger partial charge in [-0.15, -0.1) is 5.92 Å². The van der Waals surface area contributed by atoms with E-state index in [0.717, 1.165) is 12.8 Å². The van der Waals surface area contributed by atoms with Crippen molar-refractivity contribution >= 4 is 0 Å². The van der Waals surface area contributed by atoms with E-state index in [9.17, 15) is 0 Å². The molecule has 0 aromatic carbocycles. The molecule has 0 heterocycles. The van der Waals surface area contributed by atoms with Crippen LogP contribution in [0.3, 0.4) is 0 Å². The van der Waals surface area contributed by atoms with Crippen molar-refractivity contribution in [2.24, 2.45) is 5.92 Å². The Labute approximate surface area is 80.4 Å². The Morgan fingerprint density at radius 3 is 3.00 bits per heavy atom. The lowest BCUT2D eigenvalue weighted by Crippen LogP contribution is -1.96. The van der Waals surface area contributed by atoms with E-state index in [0.29, 0.717) is 12.3 Å². The number of allylic oxidation sites excluding steroid dienone is 2. The van der Waals surface area contributed by atoms with Gasteiger partial charge in [0.2, 0.25) is 0 Å². The number of rotatable bonds is 2. The number of nitrogens with zero attached hydrogens (tertiary/aromatic N) is 1. The first-order valence-electron chi connectivity index (χ1n) is 4.95. The second kappa shape index (κ2) is 6.32. The van der Waals surface area contributed by atoms with Crippen molar-refractivity contribution in [1.29, 1.82) is 5.26 Å². The summed E-state index contributed by atoms with van der Waals surface area (Å²) in [5, 5.41) is 8.30. The van der Waals surface area contributed by atoms with E-state index in [2.05, 4.69) is 30.1 Å². The molecular formula is C12H15N. The van der Waals surface area contributed by atoms with Gasteiger partial charge in [-0.2, -0.15) is 5.26 Å². The minimum Gasteiger partial charge on any atom is -0.198 e. The maximum absolute atomic E-state index is 8.30. The first-order chi connectivity index (χ1) is 6.43. The highest BCUT2D eigenvalue weighted by Crippen LogP contribution is 2.15. The third-order valence-corrected chi connectivity index (χ3v) is 2.13. The molecule has 0 bridgehead atoms. The van der Waals surface area contributed by atoms with Gasteiger partial charge < -0.3 is 0 Å². The molecule has 0 radical (unpaired) electrons. The molecule has 1 rings (SSSR count). The van der Waals surface area contributed by atoms with Gasteiger partial charge in [-0.05, 0) is 25.7 Å². The first-order valence-corrected chi connectivity index (χ1v) is 4.95. The molecule has 1 aliphatic carbocycles. The van der Waals surface area contributed by atoms with Gasteiger partial charge in [-0.25, -0.2) is 0 Å². The van der Waals surface area contributed by atoms with E-state index in [1.54, 1.807) is 0 Å². The lowest BCUT2D eigenvalue weighted by atomic mass is 9.96. The van der Waals surface area contributed by atoms with Crippen LogP contribution in [0.5, 0.6) is 0 Å². The molecule has 1 atom stereocenters. The molecule has 0 saturated carbocycles. The fraction of sp³-hybridized carbons (Fsp3) is 0.583. The zero-order valence-electron chi connectivity index (χ0n) is 7.92. The van der Waals surface area contributed by atoms with Gasteiger partial charge in [-0.1, -0.05) is 18.1 Å². The average Bonchev–Trinajstić information content (AvgIpc) is 2.19. The highest BCUT2D eigenvalue weighted by atomic mass is 14.2. The summed E-state index contributed by atoms with van der Waals surface area (Å²) in [6.07, 6.45) is 10.5. The van der Waals surface area contributed by atoms with E-state index < -0.39 is 0 Å². The number of nitriles is 1. The van der Waals surface area contributed by atoms with Crippen molar-refractivity contribution in [2.45, 2.75) is 38.5 Å². The second-order valence-electron chi connectivity index (χ2n) is 3.30. The molecule has 13 heavy (non-hydrogen) atoms. The summed E-state index contributed by atoms with van der Waals surface area (Å²) in [6.45, 7) is 0. The zero-order chi connectivity index (χ0) is 9.36. The Balaban J connectivity index is 2.18. The summed E-state index contributed by atoms with van der Waals surface area (Å²) in [6, 6.07) is 2.12. The normalized spacial score (nSPS) is 20.1. The molecule has 0 amide bonds. The van der Waals surface area contributed by atoms with Crippen molar-refractivity contribution in [2.75, 3.05) is 0 Å². The molecule has 0 aromatic heterocycles. The van der Waals surface area contributed by atoms with Crippen LogP contribution in [0.4, 0.5) is 0 Å². The molecule has 0 aromatic rings. The van der Waals surface area contributed by atoms with Gasteiger partial charge in [-0.3, -0.25) is 0 Å². The highest BCUT2D eigenvalue weighted by molar-refractivity contribution is 5.12. The van der Waals surface area contributed by atoms with Gasteiger partial charge in [0, 0.05) is 18.8 Å². The van der Waals surface area contributed by atoms with E-state index in [4.69, 9.17) is 5.26 Å². The van der Waals surface area contributed by atoms with Gasteiger partial charge in [0.25, 0.3) is 0 Å². The fourth-order valence-corrected chi connectivity index (χ4v) is 1.39. The maximum Gasteiger partial charge on any atom is 0.0622 e. The smallest absolute Gasteiger partial charge is 0.0622 e. The van der Waals surface area contributed by atoms with Crippen molar-refractivity contribution in [3.05, 3.63) is 12.2 Å². The molecule has 1 unspecified atom stereocenters. The Kier molecular flexibility index (Phi) is 4.80. The molecular weight excluding hydrogens is 158 g/mol. The summed E-state index contributed by atoms with van der Waals surface area (Å²) in [7, 11) is 0. The van der Waals surface area contributed by atoms with Crippen LogP contribution in [0.2, 0.25) is 0 Å². The molecule has 1 aliphatic rings. The Morgan fingerprint density at radius 2 is 2.31 bits per heavy atom. The summed E-state index contributed by atoms with van der Waals surface area (Å²) in [5.74, 6) is 6.85. The molecule has 0 saturated heterocycles. The SMILES string of the molecule is N#CCCCC#CC1C=CCCC1. The van der Waals surface area contributed by atoms with Crippen molar-refractivity contribution in [3.63, 3.8) is 0 Å². The van der Waals surface area contributed by atoms with Gasteiger partial charge >= 0.3 is 0 Å². The van der Waals surface area contributed by atoms with E-state index in [1.165, 1.54) is 19.3 Å². The van der Waals surface area contributed by atoms with E-state index in [-0.39, 0.29) is 0 Å². The molecule has 0 N–H and O–H groups in total. The summed E-state index contributed by atoms with van der Waals surface area (Å²) in [5.41, 5.74) is 0. The second-order valence-corrected chi connectivity index (χ2v) is 3.30. The number of hydrogen-bond donors (Lipinski definition) is 0. The lowest BCUT2D eigenvalue weighted by Gasteiger charge is -2.08. The lowest BCUT2D eigenvalue weighted by molar-refractivity contribution is 0.644. The average molecular weight is 173 g/mol. The monoisotopic (exact) mass is 173 g/mol. The largest absolute Gasteiger partial charge is 0.198 e. The predicted octanol–water partition coefficient (Wildman–Crippen LogP) is 3.04. The third-order valence-electron chi connectivity index (χ3n) is 2.13. The first kappa shape index (κ1) is 9.87. The van der Waals surface area contributed by atoms with E-state index >= 15 is 0 Å². The summed E-state index contributed by atoms with van der Waals surface area (Å²) >= 11 is 0. The predicted molar refractivity (Wildman–Crippen MR) is 53.7 cm³/mol. The molecule has 0 fully saturated rings. The summed E-state index contributed by atoms with van der Waals surface area (Å²) < 4.78 is 0. The third kappa shape index (κ3) is 4.38. The molecule has 68 valence electrons. The van der Waals surface area contributed by atoms with Crippen LogP contribution >= 0.6 is 0 Å². The molecule has 1 nitrogen and oxygen atoms in total. The standard InChI is InChI=1S/C12H15N/c13-11-7-2-1-4-8-12-9-5-3-6-10-12/h5,9,12H,1-3,6-7,10H2. The fourth-order valence-electron chi connectivity index (χ4n) is 1.39. The van der Waals surface area contributed by atoms with Crippen molar-refractivity contribution in [1.82, 2.24) is 0 Å². The summed E-state index contributed by atoms with van der Waals surface area (Å²) in [4.78, 5) is 0. The van der Waals surface area contributed by atoms with Crippen LogP contribution in [0.1, 0.15) is 38.5 Å². The van der Waals surface area contributed by atoms with Crippen LogP contribution in [0.15, 0.2) is 12.2 Å². The van der Waals surface area contributed by atoms with Crippen LogP contribution < -0.4 is 0 Å². The van der Waals surface area contributed by atoms with Gasteiger partial charge in [0.1, 0.15) is 0 Å². The topological polar surface area (TPSA) is 23.8 Å². The van der Waals surface area contributed by atoms with Crippen molar-refractivity contribution < 1.29 is 0 Å². The number of hydrogen-bond acceptors (Lipinski definition) is 1. The van der Waals surface area contributed by atoms with Gasteiger partial charge in [0.05, 0.1) is 6.07 Å². The minimum absolute atomic E-state index is 0.482. The Hall–Kier alpha value is -1.21. The van der Waals surface area contributed by atoms with Crippen LogP contribution in [0, 0.1) is 29.1 Å².